The molecule has 8 nitrogen and oxygen atoms in total. The topological polar surface area (TPSA) is 103 Å². The number of nitrogens with zero attached hydrogens (tertiary/aromatic N) is 3. The Morgan fingerprint density at radius 2 is 2.00 bits per heavy atom. The predicted octanol–water partition coefficient (Wildman–Crippen LogP) is 2.56. The van der Waals surface area contributed by atoms with Gasteiger partial charge in [-0.05, 0) is 38.0 Å². The van der Waals surface area contributed by atoms with Crippen LogP contribution in [0, 0.1) is 0 Å². The van der Waals surface area contributed by atoms with Gasteiger partial charge < -0.3 is 9.15 Å². The highest BCUT2D eigenvalue weighted by Gasteiger charge is 2.26. The number of ether oxygens (including phenoxy) is 1. The fourth-order valence-electron chi connectivity index (χ4n) is 2.78. The molecule has 10 heteroatoms. The van der Waals surface area contributed by atoms with Crippen LogP contribution in [0.4, 0.5) is 0 Å². The van der Waals surface area contributed by atoms with Crippen LogP contribution in [-0.4, -0.2) is 54.3 Å². The summed E-state index contributed by atoms with van der Waals surface area (Å²) in [5.41, 5.74) is 0.512. The van der Waals surface area contributed by atoms with Crippen molar-refractivity contribution in [1.29, 1.82) is 0 Å². The molecule has 0 amide bonds. The minimum absolute atomic E-state index is 0.199. The first-order valence-corrected chi connectivity index (χ1v) is 10.9. The van der Waals surface area contributed by atoms with Crippen LogP contribution in [0.5, 0.6) is 0 Å². The van der Waals surface area contributed by atoms with Crippen molar-refractivity contribution in [1.82, 2.24) is 14.5 Å². The average molecular weight is 412 g/mol. The van der Waals surface area contributed by atoms with E-state index in [0.29, 0.717) is 18.7 Å². The molecule has 0 aliphatic carbocycles. The van der Waals surface area contributed by atoms with Crippen molar-refractivity contribution in [2.75, 3.05) is 20.2 Å². The number of thioether (sulfide) groups is 1. The van der Waals surface area contributed by atoms with Crippen LogP contribution in [0.15, 0.2) is 38.8 Å². The van der Waals surface area contributed by atoms with E-state index in [9.17, 15) is 13.2 Å². The summed E-state index contributed by atoms with van der Waals surface area (Å²) in [6.45, 7) is 2.75. The van der Waals surface area contributed by atoms with E-state index < -0.39 is 21.2 Å². The van der Waals surface area contributed by atoms with Gasteiger partial charge in [0.25, 0.3) is 5.22 Å². The normalized spacial score (nSPS) is 16.8. The molecule has 0 saturated carbocycles. The summed E-state index contributed by atoms with van der Waals surface area (Å²) in [6.07, 6.45) is 2.81. The lowest BCUT2D eigenvalue weighted by Gasteiger charge is -2.25. The molecule has 2 aromatic rings. The molecule has 1 fully saturated rings. The predicted molar refractivity (Wildman–Crippen MR) is 99.7 cm³/mol. The van der Waals surface area contributed by atoms with Crippen LogP contribution in [0.2, 0.25) is 0 Å². The number of carbonyl (C=O) groups excluding carboxylic acids is 1. The molecule has 0 radical (unpaired) electrons. The minimum Gasteiger partial charge on any atom is -0.468 e. The van der Waals surface area contributed by atoms with Crippen LogP contribution in [-0.2, 0) is 19.6 Å². The molecular weight excluding hydrogens is 390 g/mol. The second kappa shape index (κ2) is 8.41. The van der Waals surface area contributed by atoms with Crippen LogP contribution >= 0.6 is 11.8 Å². The largest absolute Gasteiger partial charge is 0.468 e. The maximum Gasteiger partial charge on any atom is 0.319 e. The van der Waals surface area contributed by atoms with Gasteiger partial charge in [-0.25, -0.2) is 8.42 Å². The average Bonchev–Trinajstić information content (AvgIpc) is 3.16. The Kier molecular flexibility index (Phi) is 6.18. The number of rotatable bonds is 6. The second-order valence-electron chi connectivity index (χ2n) is 6.15. The highest BCUT2D eigenvalue weighted by molar-refractivity contribution is 8.00. The lowest BCUT2D eigenvalue weighted by atomic mass is 10.2. The number of sulfonamides is 1. The Balaban J connectivity index is 1.81. The zero-order valence-corrected chi connectivity index (χ0v) is 16.8. The number of esters is 1. The first-order chi connectivity index (χ1) is 12.9. The molecule has 1 saturated heterocycles. The number of methoxy groups -OCH3 is 1. The van der Waals surface area contributed by atoms with E-state index in [-0.39, 0.29) is 16.0 Å². The summed E-state index contributed by atoms with van der Waals surface area (Å²) >= 11 is 1.08. The van der Waals surface area contributed by atoms with Gasteiger partial charge in [0.1, 0.15) is 5.25 Å². The SMILES string of the molecule is COC(=O)[C@@H](C)Sc1nnc(-c2cccc(S(=O)(=O)N3CCCCC3)c2)o1. The third-order valence-electron chi connectivity index (χ3n) is 4.25. The Bertz CT molecular complexity index is 907. The number of hydrogen-bond donors (Lipinski definition) is 0. The van der Waals surface area contributed by atoms with Crippen molar-refractivity contribution >= 4 is 27.8 Å². The molecule has 1 aromatic heterocycles. The third kappa shape index (κ3) is 4.50. The van der Waals surface area contributed by atoms with E-state index in [4.69, 9.17) is 4.42 Å². The van der Waals surface area contributed by atoms with Gasteiger partial charge in [0, 0.05) is 18.7 Å². The first-order valence-electron chi connectivity index (χ1n) is 8.60. The minimum atomic E-state index is -3.54. The molecule has 1 aliphatic heterocycles. The molecular formula is C17H21N3O5S2. The van der Waals surface area contributed by atoms with Crippen molar-refractivity contribution in [2.24, 2.45) is 0 Å². The van der Waals surface area contributed by atoms with Gasteiger partial charge in [0.2, 0.25) is 15.9 Å². The zero-order chi connectivity index (χ0) is 19.4. The van der Waals surface area contributed by atoms with Crippen LogP contribution in [0.1, 0.15) is 26.2 Å². The van der Waals surface area contributed by atoms with Crippen LogP contribution in [0.3, 0.4) is 0 Å². The van der Waals surface area contributed by atoms with Gasteiger partial charge in [-0.3, -0.25) is 4.79 Å². The molecule has 1 atom stereocenters. The monoisotopic (exact) mass is 411 g/mol. The van der Waals surface area contributed by atoms with E-state index in [1.807, 2.05) is 0 Å². The standard InChI is InChI=1S/C17H21N3O5S2/c1-12(16(21)24-2)26-17-19-18-15(25-17)13-7-6-8-14(11-13)27(22,23)20-9-4-3-5-10-20/h6-8,11-12H,3-5,9-10H2,1-2H3/t12-/m1/s1. The molecule has 0 spiro atoms. The molecule has 0 N–H and O–H groups in total. The van der Waals surface area contributed by atoms with Gasteiger partial charge in [0.15, 0.2) is 0 Å². The number of hydrogen-bond acceptors (Lipinski definition) is 8. The number of aromatic nitrogens is 2. The van der Waals surface area contributed by atoms with E-state index in [1.165, 1.54) is 17.5 Å². The summed E-state index contributed by atoms with van der Waals surface area (Å²) in [5.74, 6) is -0.195. The van der Waals surface area contributed by atoms with Crippen LogP contribution in [0.25, 0.3) is 11.5 Å². The van der Waals surface area contributed by atoms with Crippen molar-refractivity contribution in [2.45, 2.75) is 41.6 Å². The summed E-state index contributed by atoms with van der Waals surface area (Å²) in [6, 6.07) is 6.47. The highest BCUT2D eigenvalue weighted by atomic mass is 32.2. The van der Waals surface area contributed by atoms with E-state index in [2.05, 4.69) is 14.9 Å². The smallest absolute Gasteiger partial charge is 0.319 e. The number of benzene rings is 1. The molecule has 146 valence electrons. The van der Waals surface area contributed by atoms with Gasteiger partial charge in [-0.2, -0.15) is 4.31 Å². The fourth-order valence-corrected chi connectivity index (χ4v) is 5.06. The summed E-state index contributed by atoms with van der Waals surface area (Å²) < 4.78 is 37.4. The van der Waals surface area contributed by atoms with Gasteiger partial charge in [0.05, 0.1) is 12.0 Å². The maximum absolute atomic E-state index is 12.8. The van der Waals surface area contributed by atoms with E-state index in [0.717, 1.165) is 31.0 Å². The van der Waals surface area contributed by atoms with Gasteiger partial charge >= 0.3 is 5.97 Å². The molecule has 2 heterocycles. The Labute approximate surface area is 162 Å². The molecule has 0 bridgehead atoms. The van der Waals surface area contributed by atoms with Crippen LogP contribution < -0.4 is 0 Å². The highest BCUT2D eigenvalue weighted by Crippen LogP contribution is 2.29. The molecule has 0 unspecified atom stereocenters. The van der Waals surface area contributed by atoms with E-state index >= 15 is 0 Å². The van der Waals surface area contributed by atoms with Crippen molar-refractivity contribution in [3.05, 3.63) is 24.3 Å². The van der Waals surface area contributed by atoms with Crippen molar-refractivity contribution < 1.29 is 22.4 Å². The van der Waals surface area contributed by atoms with Crippen molar-refractivity contribution in [3.8, 4) is 11.5 Å². The Morgan fingerprint density at radius 3 is 2.70 bits per heavy atom. The Morgan fingerprint density at radius 1 is 1.26 bits per heavy atom. The number of piperidine rings is 1. The van der Waals surface area contributed by atoms with E-state index in [1.54, 1.807) is 25.1 Å². The molecule has 27 heavy (non-hydrogen) atoms. The van der Waals surface area contributed by atoms with Gasteiger partial charge in [-0.1, -0.05) is 24.2 Å². The second-order valence-corrected chi connectivity index (χ2v) is 9.38. The molecule has 1 aromatic carbocycles. The molecule has 3 rings (SSSR count). The van der Waals surface area contributed by atoms with Crippen molar-refractivity contribution in [3.63, 3.8) is 0 Å². The number of carbonyl (C=O) groups is 1. The Hall–Kier alpha value is -1.91. The summed E-state index contributed by atoms with van der Waals surface area (Å²) in [4.78, 5) is 11.7. The fraction of sp³-hybridized carbons (Fsp3) is 0.471. The molecule has 1 aliphatic rings. The zero-order valence-electron chi connectivity index (χ0n) is 15.1. The third-order valence-corrected chi connectivity index (χ3v) is 7.06. The van der Waals surface area contributed by atoms with Gasteiger partial charge in [-0.15, -0.1) is 10.2 Å². The summed E-state index contributed by atoms with van der Waals surface area (Å²) in [7, 11) is -2.23. The maximum atomic E-state index is 12.8. The quantitative estimate of drug-likeness (QED) is 0.528. The summed E-state index contributed by atoms with van der Waals surface area (Å²) in [5, 5.41) is 7.60. The first kappa shape index (κ1) is 19.8. The lowest BCUT2D eigenvalue weighted by molar-refractivity contribution is -0.139. The lowest BCUT2D eigenvalue weighted by Crippen LogP contribution is -2.35.